The third-order valence-corrected chi connectivity index (χ3v) is 5.22. The summed E-state index contributed by atoms with van der Waals surface area (Å²) in [6, 6.07) is 19.0. The maximum Gasteiger partial charge on any atom is 0.246 e. The molecule has 1 aliphatic rings. The molecule has 2 aromatic carbocycles. The van der Waals surface area contributed by atoms with Gasteiger partial charge in [0.15, 0.2) is 0 Å². The maximum atomic E-state index is 13.1. The van der Waals surface area contributed by atoms with Crippen LogP contribution in [-0.4, -0.2) is 36.3 Å². The number of likely N-dealkylation sites (tertiary alicyclic amines) is 1. The van der Waals surface area contributed by atoms with E-state index in [1.165, 1.54) is 0 Å². The predicted molar refractivity (Wildman–Crippen MR) is 112 cm³/mol. The van der Waals surface area contributed by atoms with Crippen LogP contribution in [0.1, 0.15) is 37.8 Å². The summed E-state index contributed by atoms with van der Waals surface area (Å²) in [5, 5.41) is 6.04. The van der Waals surface area contributed by atoms with E-state index in [9.17, 15) is 9.59 Å². The summed E-state index contributed by atoms with van der Waals surface area (Å²) < 4.78 is 0. The Hall–Kier alpha value is -2.66. The van der Waals surface area contributed by atoms with Crippen LogP contribution in [-0.2, 0) is 9.59 Å². The van der Waals surface area contributed by atoms with Gasteiger partial charge in [-0.3, -0.25) is 14.5 Å². The van der Waals surface area contributed by atoms with Crippen LogP contribution in [0.5, 0.6) is 0 Å². The molecule has 2 N–H and O–H groups in total. The molecule has 2 amide bonds. The minimum atomic E-state index is -0.360. The Morgan fingerprint density at radius 2 is 1.61 bits per heavy atom. The van der Waals surface area contributed by atoms with E-state index in [1.54, 1.807) is 0 Å². The van der Waals surface area contributed by atoms with Crippen molar-refractivity contribution < 1.29 is 9.59 Å². The minimum absolute atomic E-state index is 0.0358. The van der Waals surface area contributed by atoms with Crippen LogP contribution in [0.15, 0.2) is 60.7 Å². The first-order valence-electron chi connectivity index (χ1n) is 10.1. The molecule has 0 radical (unpaired) electrons. The van der Waals surface area contributed by atoms with Crippen molar-refractivity contribution in [3.63, 3.8) is 0 Å². The number of benzene rings is 2. The second kappa shape index (κ2) is 10.0. The molecule has 5 heteroatoms. The summed E-state index contributed by atoms with van der Waals surface area (Å²) in [7, 11) is 0. The van der Waals surface area contributed by atoms with Gasteiger partial charge in [-0.15, -0.1) is 0 Å². The van der Waals surface area contributed by atoms with Crippen molar-refractivity contribution in [2.45, 2.75) is 32.2 Å². The van der Waals surface area contributed by atoms with Gasteiger partial charge in [0.05, 0.1) is 0 Å². The summed E-state index contributed by atoms with van der Waals surface area (Å²) >= 11 is 0. The molecule has 148 valence electrons. The summed E-state index contributed by atoms with van der Waals surface area (Å²) in [5.74, 6) is 0.147. The molecule has 0 aromatic heterocycles. The van der Waals surface area contributed by atoms with Gasteiger partial charge in [-0.2, -0.15) is 0 Å². The van der Waals surface area contributed by atoms with E-state index in [-0.39, 0.29) is 23.8 Å². The standard InChI is InChI=1S/C23H29N3O2/c1-2-15-24-22(27)19-13-16-26(17-14-19)21(18-9-5-3-6-10-18)23(28)25-20-11-7-4-8-12-20/h3-12,19,21H,2,13-17H2,1H3,(H,24,27)(H,25,28)/t21-/m0/s1. The second-order valence-electron chi connectivity index (χ2n) is 7.27. The number of nitrogens with one attached hydrogen (secondary N) is 2. The van der Waals surface area contributed by atoms with E-state index >= 15 is 0 Å². The smallest absolute Gasteiger partial charge is 0.246 e. The van der Waals surface area contributed by atoms with Crippen molar-refractivity contribution in [2.75, 3.05) is 25.0 Å². The number of hydrogen-bond acceptors (Lipinski definition) is 3. The molecule has 0 spiro atoms. The Labute approximate surface area is 167 Å². The highest BCUT2D eigenvalue weighted by Gasteiger charge is 2.33. The van der Waals surface area contributed by atoms with E-state index in [0.717, 1.165) is 50.1 Å². The van der Waals surface area contributed by atoms with Crippen LogP contribution in [0.3, 0.4) is 0 Å². The van der Waals surface area contributed by atoms with E-state index < -0.39 is 0 Å². The van der Waals surface area contributed by atoms with Crippen molar-refractivity contribution in [1.82, 2.24) is 10.2 Å². The number of para-hydroxylation sites is 1. The Morgan fingerprint density at radius 1 is 1.00 bits per heavy atom. The van der Waals surface area contributed by atoms with Crippen molar-refractivity contribution in [3.05, 3.63) is 66.2 Å². The number of carbonyl (C=O) groups is 2. The van der Waals surface area contributed by atoms with Gasteiger partial charge in [0.25, 0.3) is 0 Å². The van der Waals surface area contributed by atoms with Gasteiger partial charge >= 0.3 is 0 Å². The first kappa shape index (κ1) is 20.1. The molecule has 3 rings (SSSR count). The molecule has 0 unspecified atom stereocenters. The lowest BCUT2D eigenvalue weighted by atomic mass is 9.93. The fraction of sp³-hybridized carbons (Fsp3) is 0.391. The molecular weight excluding hydrogens is 350 g/mol. The molecule has 28 heavy (non-hydrogen) atoms. The third-order valence-electron chi connectivity index (χ3n) is 5.22. The Balaban J connectivity index is 1.70. The molecule has 5 nitrogen and oxygen atoms in total. The third kappa shape index (κ3) is 5.20. The molecule has 0 saturated carbocycles. The number of amides is 2. The zero-order chi connectivity index (χ0) is 19.8. The number of rotatable bonds is 7. The van der Waals surface area contributed by atoms with Crippen molar-refractivity contribution in [2.24, 2.45) is 5.92 Å². The Morgan fingerprint density at radius 3 is 2.21 bits per heavy atom. The topological polar surface area (TPSA) is 61.4 Å². The first-order chi connectivity index (χ1) is 13.7. The van der Waals surface area contributed by atoms with Crippen molar-refractivity contribution in [3.8, 4) is 0 Å². The molecular formula is C23H29N3O2. The predicted octanol–water partition coefficient (Wildman–Crippen LogP) is 3.60. The first-order valence-corrected chi connectivity index (χ1v) is 10.1. The van der Waals surface area contributed by atoms with Gasteiger partial charge in [-0.25, -0.2) is 0 Å². The molecule has 2 aromatic rings. The molecule has 0 bridgehead atoms. The van der Waals surface area contributed by atoms with E-state index in [1.807, 2.05) is 60.7 Å². The fourth-order valence-electron chi connectivity index (χ4n) is 3.71. The molecule has 1 saturated heterocycles. The zero-order valence-corrected chi connectivity index (χ0v) is 16.4. The molecule has 1 aliphatic heterocycles. The van der Waals surface area contributed by atoms with Gasteiger partial charge in [0.2, 0.25) is 11.8 Å². The Bertz CT molecular complexity index is 756. The minimum Gasteiger partial charge on any atom is -0.356 e. The highest BCUT2D eigenvalue weighted by atomic mass is 16.2. The normalized spacial score (nSPS) is 16.3. The number of carbonyl (C=O) groups excluding carboxylic acids is 2. The van der Waals surface area contributed by atoms with E-state index in [0.29, 0.717) is 0 Å². The highest BCUT2D eigenvalue weighted by Crippen LogP contribution is 2.28. The highest BCUT2D eigenvalue weighted by molar-refractivity contribution is 5.95. The van der Waals surface area contributed by atoms with Crippen molar-refractivity contribution >= 4 is 17.5 Å². The lowest BCUT2D eigenvalue weighted by molar-refractivity contribution is -0.127. The van der Waals surface area contributed by atoms with Crippen molar-refractivity contribution in [1.29, 1.82) is 0 Å². The number of hydrogen-bond donors (Lipinski definition) is 2. The fourth-order valence-corrected chi connectivity index (χ4v) is 3.71. The average Bonchev–Trinajstić information content (AvgIpc) is 2.74. The lowest BCUT2D eigenvalue weighted by Crippen LogP contribution is -2.45. The zero-order valence-electron chi connectivity index (χ0n) is 16.4. The average molecular weight is 380 g/mol. The van der Waals surface area contributed by atoms with Gasteiger partial charge < -0.3 is 10.6 Å². The van der Waals surface area contributed by atoms with Crippen LogP contribution in [0.2, 0.25) is 0 Å². The summed E-state index contributed by atoms with van der Waals surface area (Å²) in [6.07, 6.45) is 2.50. The molecule has 1 heterocycles. The molecule has 1 fully saturated rings. The SMILES string of the molecule is CCCNC(=O)C1CCN([C@H](C(=O)Nc2ccccc2)c2ccccc2)CC1. The quantitative estimate of drug-likeness (QED) is 0.773. The summed E-state index contributed by atoms with van der Waals surface area (Å²) in [5.41, 5.74) is 1.77. The molecule has 0 aliphatic carbocycles. The van der Waals surface area contributed by atoms with E-state index in [2.05, 4.69) is 22.5 Å². The van der Waals surface area contributed by atoms with Gasteiger partial charge in [-0.05, 0) is 50.0 Å². The molecule has 1 atom stereocenters. The largest absolute Gasteiger partial charge is 0.356 e. The lowest BCUT2D eigenvalue weighted by Gasteiger charge is -2.36. The number of anilines is 1. The summed E-state index contributed by atoms with van der Waals surface area (Å²) in [6.45, 7) is 4.24. The second-order valence-corrected chi connectivity index (χ2v) is 7.27. The van der Waals surface area contributed by atoms with Gasteiger partial charge in [0, 0.05) is 18.2 Å². The maximum absolute atomic E-state index is 13.1. The van der Waals surface area contributed by atoms with Crippen LogP contribution in [0.4, 0.5) is 5.69 Å². The van der Waals surface area contributed by atoms with Crippen LogP contribution in [0.25, 0.3) is 0 Å². The van der Waals surface area contributed by atoms with Gasteiger partial charge in [0.1, 0.15) is 6.04 Å². The summed E-state index contributed by atoms with van der Waals surface area (Å²) in [4.78, 5) is 27.6. The Kier molecular flexibility index (Phi) is 7.20. The number of piperidine rings is 1. The van der Waals surface area contributed by atoms with Crippen LogP contribution in [0, 0.1) is 5.92 Å². The van der Waals surface area contributed by atoms with Crippen LogP contribution >= 0.6 is 0 Å². The van der Waals surface area contributed by atoms with E-state index in [4.69, 9.17) is 0 Å². The monoisotopic (exact) mass is 379 g/mol. The number of nitrogens with zero attached hydrogens (tertiary/aromatic N) is 1. The van der Waals surface area contributed by atoms with Gasteiger partial charge in [-0.1, -0.05) is 55.5 Å². The van der Waals surface area contributed by atoms with Crippen LogP contribution < -0.4 is 10.6 Å².